The normalized spacial score (nSPS) is 11.1. The molecule has 1 N–H and O–H groups in total. The molecule has 2 aromatic heterocycles. The summed E-state index contributed by atoms with van der Waals surface area (Å²) in [4.78, 5) is 4.57. The van der Waals surface area contributed by atoms with Crippen LogP contribution < -0.4 is 5.32 Å². The molecule has 0 bridgehead atoms. The van der Waals surface area contributed by atoms with Crippen molar-refractivity contribution < 1.29 is 0 Å². The van der Waals surface area contributed by atoms with Gasteiger partial charge >= 0.3 is 0 Å². The number of anilines is 1. The molecule has 98 valence electrons. The lowest BCUT2D eigenvalue weighted by Gasteiger charge is -2.02. The van der Waals surface area contributed by atoms with E-state index < -0.39 is 0 Å². The second kappa shape index (κ2) is 5.01. The molecule has 0 aliphatic rings. The third-order valence-electron chi connectivity index (χ3n) is 2.92. The number of nitrogens with one attached hydrogen (secondary N) is 1. The number of fused-ring (bicyclic) bond motifs is 1. The molecule has 0 saturated carbocycles. The molecule has 0 radical (unpaired) electrons. The maximum Gasteiger partial charge on any atom is 0.183 e. The second-order valence-corrected chi connectivity index (χ2v) is 5.73. The van der Waals surface area contributed by atoms with Crippen molar-refractivity contribution >= 4 is 26.7 Å². The lowest BCUT2D eigenvalue weighted by molar-refractivity contribution is 0.637. The van der Waals surface area contributed by atoms with Gasteiger partial charge in [0.05, 0.1) is 23.0 Å². The Bertz CT molecular complexity index is 698. The summed E-state index contributed by atoms with van der Waals surface area (Å²) in [5, 5.41) is 8.60. The summed E-state index contributed by atoms with van der Waals surface area (Å²) in [6.07, 6.45) is 3.92. The summed E-state index contributed by atoms with van der Waals surface area (Å²) in [6, 6.07) is 6.34. The van der Waals surface area contributed by atoms with Gasteiger partial charge in [0.1, 0.15) is 0 Å². The zero-order chi connectivity index (χ0) is 13.2. The Hall–Kier alpha value is -1.88. The Morgan fingerprint density at radius 3 is 2.95 bits per heavy atom. The van der Waals surface area contributed by atoms with Crippen molar-refractivity contribution in [2.24, 2.45) is 0 Å². The van der Waals surface area contributed by atoms with Crippen LogP contribution in [0.4, 0.5) is 5.13 Å². The highest BCUT2D eigenvalue weighted by molar-refractivity contribution is 7.22. The highest BCUT2D eigenvalue weighted by Gasteiger charge is 2.03. The third kappa shape index (κ3) is 2.76. The van der Waals surface area contributed by atoms with Gasteiger partial charge in [0.15, 0.2) is 5.13 Å². The number of nitrogens with zero attached hydrogens (tertiary/aromatic N) is 3. The fourth-order valence-corrected chi connectivity index (χ4v) is 2.96. The van der Waals surface area contributed by atoms with Crippen molar-refractivity contribution in [1.82, 2.24) is 14.8 Å². The quantitative estimate of drug-likeness (QED) is 0.793. The summed E-state index contributed by atoms with van der Waals surface area (Å²) < 4.78 is 3.18. The van der Waals surface area contributed by atoms with Crippen LogP contribution in [0.1, 0.15) is 11.1 Å². The van der Waals surface area contributed by atoms with E-state index in [1.165, 1.54) is 15.8 Å². The van der Waals surface area contributed by atoms with Gasteiger partial charge < -0.3 is 5.32 Å². The van der Waals surface area contributed by atoms with E-state index in [0.717, 1.165) is 23.7 Å². The van der Waals surface area contributed by atoms with Crippen LogP contribution in [0.25, 0.3) is 10.2 Å². The number of hydrogen-bond acceptors (Lipinski definition) is 4. The van der Waals surface area contributed by atoms with E-state index >= 15 is 0 Å². The zero-order valence-corrected chi connectivity index (χ0v) is 11.9. The highest BCUT2D eigenvalue weighted by atomic mass is 32.1. The topological polar surface area (TPSA) is 42.7 Å². The van der Waals surface area contributed by atoms with Crippen molar-refractivity contribution in [3.05, 3.63) is 41.7 Å². The van der Waals surface area contributed by atoms with Crippen LogP contribution in [0.2, 0.25) is 0 Å². The van der Waals surface area contributed by atoms with Crippen molar-refractivity contribution in [3.8, 4) is 0 Å². The molecule has 0 aliphatic carbocycles. The zero-order valence-electron chi connectivity index (χ0n) is 11.1. The Balaban J connectivity index is 1.65. The number of aromatic nitrogens is 3. The van der Waals surface area contributed by atoms with Gasteiger partial charge in [0, 0.05) is 12.7 Å². The molecule has 0 aliphatic heterocycles. The van der Waals surface area contributed by atoms with Crippen molar-refractivity contribution in [3.63, 3.8) is 0 Å². The van der Waals surface area contributed by atoms with E-state index in [-0.39, 0.29) is 0 Å². The van der Waals surface area contributed by atoms with E-state index in [2.05, 4.69) is 40.5 Å². The van der Waals surface area contributed by atoms with Gasteiger partial charge in [-0.2, -0.15) is 5.10 Å². The molecule has 1 aromatic carbocycles. The molecule has 0 spiro atoms. The van der Waals surface area contributed by atoms with E-state index in [4.69, 9.17) is 0 Å². The van der Waals surface area contributed by atoms with Gasteiger partial charge in [-0.3, -0.25) is 4.68 Å². The van der Waals surface area contributed by atoms with E-state index in [1.807, 2.05) is 24.0 Å². The Morgan fingerprint density at radius 1 is 1.26 bits per heavy atom. The van der Waals surface area contributed by atoms with Gasteiger partial charge in [0.2, 0.25) is 0 Å². The van der Waals surface area contributed by atoms with Gasteiger partial charge in [-0.05, 0) is 37.1 Å². The third-order valence-corrected chi connectivity index (χ3v) is 3.90. The molecule has 0 amide bonds. The largest absolute Gasteiger partial charge is 0.360 e. The molecule has 5 heteroatoms. The van der Waals surface area contributed by atoms with Crippen LogP contribution in [0.5, 0.6) is 0 Å². The minimum absolute atomic E-state index is 0.833. The fraction of sp³-hybridized carbons (Fsp3) is 0.286. The first-order valence-electron chi connectivity index (χ1n) is 6.31. The van der Waals surface area contributed by atoms with Gasteiger partial charge in [-0.25, -0.2) is 4.98 Å². The molecule has 0 fully saturated rings. The highest BCUT2D eigenvalue weighted by Crippen LogP contribution is 2.26. The summed E-state index contributed by atoms with van der Waals surface area (Å²) in [7, 11) is 0. The second-order valence-electron chi connectivity index (χ2n) is 4.70. The summed E-state index contributed by atoms with van der Waals surface area (Å²) in [6.45, 7) is 5.84. The molecular formula is C14H16N4S. The molecule has 0 saturated heterocycles. The predicted octanol–water partition coefficient (Wildman–Crippen LogP) is 3.22. The number of hydrogen-bond donors (Lipinski definition) is 1. The van der Waals surface area contributed by atoms with Crippen molar-refractivity contribution in [2.75, 3.05) is 11.9 Å². The first kappa shape index (κ1) is 12.2. The van der Waals surface area contributed by atoms with E-state index in [1.54, 1.807) is 11.3 Å². The number of aryl methyl sites for hydroxylation is 2. The first-order chi connectivity index (χ1) is 9.20. The monoisotopic (exact) mass is 272 g/mol. The van der Waals surface area contributed by atoms with E-state index in [9.17, 15) is 0 Å². The Labute approximate surface area is 116 Å². The van der Waals surface area contributed by atoms with Crippen molar-refractivity contribution in [1.29, 1.82) is 0 Å². The smallest absolute Gasteiger partial charge is 0.183 e. The average molecular weight is 272 g/mol. The molecule has 0 atom stereocenters. The standard InChI is InChI=1S/C14H16N4S/c1-10-3-4-12-13(7-10)19-14(17-12)15-5-6-18-9-11(2)8-16-18/h3-4,7-9H,5-6H2,1-2H3,(H,15,17). The van der Waals surface area contributed by atoms with Crippen LogP contribution in [-0.2, 0) is 6.54 Å². The Kier molecular flexibility index (Phi) is 3.21. The summed E-state index contributed by atoms with van der Waals surface area (Å²) >= 11 is 1.70. The lowest BCUT2D eigenvalue weighted by atomic mass is 10.2. The maximum absolute atomic E-state index is 4.57. The number of rotatable bonds is 4. The summed E-state index contributed by atoms with van der Waals surface area (Å²) in [5.74, 6) is 0. The van der Waals surface area contributed by atoms with Crippen LogP contribution >= 0.6 is 11.3 Å². The summed E-state index contributed by atoms with van der Waals surface area (Å²) in [5.41, 5.74) is 3.53. The molecule has 4 nitrogen and oxygen atoms in total. The number of thiazole rings is 1. The van der Waals surface area contributed by atoms with Gasteiger partial charge in [-0.1, -0.05) is 17.4 Å². The SMILES string of the molecule is Cc1ccc2nc(NCCn3cc(C)cn3)sc2c1. The number of benzene rings is 1. The van der Waals surface area contributed by atoms with Gasteiger partial charge in [0.25, 0.3) is 0 Å². The van der Waals surface area contributed by atoms with Crippen LogP contribution in [-0.4, -0.2) is 21.3 Å². The fourth-order valence-electron chi connectivity index (χ4n) is 1.97. The first-order valence-corrected chi connectivity index (χ1v) is 7.12. The molecule has 0 unspecified atom stereocenters. The molecule has 3 aromatic rings. The lowest BCUT2D eigenvalue weighted by Crippen LogP contribution is -2.10. The van der Waals surface area contributed by atoms with E-state index in [0.29, 0.717) is 0 Å². The predicted molar refractivity (Wildman–Crippen MR) is 79.8 cm³/mol. The van der Waals surface area contributed by atoms with Crippen LogP contribution in [0.3, 0.4) is 0 Å². The molecule has 3 rings (SSSR count). The minimum Gasteiger partial charge on any atom is -0.360 e. The minimum atomic E-state index is 0.833. The Morgan fingerprint density at radius 2 is 2.16 bits per heavy atom. The molecular weight excluding hydrogens is 256 g/mol. The molecule has 19 heavy (non-hydrogen) atoms. The van der Waals surface area contributed by atoms with Crippen molar-refractivity contribution in [2.45, 2.75) is 20.4 Å². The molecule has 2 heterocycles. The van der Waals surface area contributed by atoms with Gasteiger partial charge in [-0.15, -0.1) is 0 Å². The van der Waals surface area contributed by atoms with Crippen LogP contribution in [0, 0.1) is 13.8 Å². The average Bonchev–Trinajstić information content (AvgIpc) is 2.95. The maximum atomic E-state index is 4.57. The van der Waals surface area contributed by atoms with Crippen LogP contribution in [0.15, 0.2) is 30.6 Å².